The number of benzene rings is 3. The van der Waals surface area contributed by atoms with Crippen molar-refractivity contribution >= 4 is 51.4 Å². The molecule has 0 fully saturated rings. The Morgan fingerprint density at radius 3 is 2.22 bits per heavy atom. The highest BCUT2D eigenvalue weighted by atomic mass is 35.6. The third-order valence-electron chi connectivity index (χ3n) is 6.48. The van der Waals surface area contributed by atoms with Crippen molar-refractivity contribution in [1.82, 2.24) is 9.55 Å². The predicted molar refractivity (Wildman–Crippen MR) is 151 cm³/mol. The number of nitro groups is 1. The van der Waals surface area contributed by atoms with Gasteiger partial charge < -0.3 is 14.3 Å². The number of H-pyrrole nitrogens is 1. The molecule has 0 amide bonds. The first-order valence-corrected chi connectivity index (χ1v) is 12.8. The molecule has 0 saturated carbocycles. The molecule has 188 valence electrons. The highest BCUT2D eigenvalue weighted by molar-refractivity contribution is 6.63. The van der Waals surface area contributed by atoms with Gasteiger partial charge in [0, 0.05) is 23.0 Å². The highest BCUT2D eigenvalue weighted by Gasteiger charge is 2.36. The number of hydrogen-bond acceptors (Lipinski definition) is 3. The number of aromatic nitrogens is 2. The van der Waals surface area contributed by atoms with Gasteiger partial charge in [-0.2, -0.15) is 0 Å². The van der Waals surface area contributed by atoms with E-state index in [0.717, 1.165) is 34.5 Å². The van der Waals surface area contributed by atoms with Gasteiger partial charge in [-0.15, -0.1) is 0 Å². The quantitative estimate of drug-likeness (QED) is 0.138. The number of aromatic amines is 1. The van der Waals surface area contributed by atoms with E-state index in [1.165, 1.54) is 10.9 Å². The SMILES string of the molecule is COc1ccc(-c2c([N+](=O)[O-])c(-c3ccccc3)n3c2-c2[nH]c4ccccc4c2CC3)cc1.ClC(Cl)Cl. The smallest absolute Gasteiger partial charge is 0.303 e. The van der Waals surface area contributed by atoms with Crippen LogP contribution in [0.25, 0.3) is 44.7 Å². The highest BCUT2D eigenvalue weighted by Crippen LogP contribution is 2.51. The van der Waals surface area contributed by atoms with Crippen molar-refractivity contribution in [1.29, 1.82) is 0 Å². The summed E-state index contributed by atoms with van der Waals surface area (Å²) in [4.78, 5) is 15.9. The minimum absolute atomic E-state index is 0.132. The van der Waals surface area contributed by atoms with E-state index in [0.29, 0.717) is 23.6 Å². The lowest BCUT2D eigenvalue weighted by molar-refractivity contribution is -0.383. The number of rotatable bonds is 4. The molecule has 0 unspecified atom stereocenters. The molecule has 3 aromatic carbocycles. The number of aryl methyl sites for hydroxylation is 1. The van der Waals surface area contributed by atoms with Crippen LogP contribution in [0.5, 0.6) is 5.75 Å². The van der Waals surface area contributed by atoms with Crippen LogP contribution < -0.4 is 4.74 Å². The van der Waals surface area contributed by atoms with Gasteiger partial charge in [-0.25, -0.2) is 0 Å². The van der Waals surface area contributed by atoms with Crippen LogP contribution in [0.1, 0.15) is 5.56 Å². The van der Waals surface area contributed by atoms with Gasteiger partial charge in [0.1, 0.15) is 11.4 Å². The molecule has 6 rings (SSSR count). The molecule has 0 saturated heterocycles. The number of fused-ring (bicyclic) bond motifs is 5. The summed E-state index contributed by atoms with van der Waals surface area (Å²) >= 11 is 14.4. The molecule has 1 aliphatic heterocycles. The van der Waals surface area contributed by atoms with Crippen molar-refractivity contribution in [3.05, 3.63) is 94.5 Å². The maximum Gasteiger partial charge on any atom is 0.303 e. The molecule has 37 heavy (non-hydrogen) atoms. The van der Waals surface area contributed by atoms with Crippen LogP contribution >= 0.6 is 34.8 Å². The lowest BCUT2D eigenvalue weighted by Gasteiger charge is -2.19. The second-order valence-corrected chi connectivity index (χ2v) is 10.4. The Bertz CT molecular complexity index is 1570. The normalized spacial score (nSPS) is 12.0. The molecule has 0 spiro atoms. The Labute approximate surface area is 228 Å². The van der Waals surface area contributed by atoms with Crippen molar-refractivity contribution in [3.63, 3.8) is 0 Å². The summed E-state index contributed by atoms with van der Waals surface area (Å²) in [6, 6.07) is 25.3. The van der Waals surface area contributed by atoms with E-state index < -0.39 is 4.30 Å². The molecule has 1 N–H and O–H groups in total. The molecule has 6 nitrogen and oxygen atoms in total. The number of ether oxygens (including phenoxy) is 1. The van der Waals surface area contributed by atoms with E-state index in [-0.39, 0.29) is 10.6 Å². The number of alkyl halides is 3. The molecule has 5 aromatic rings. The number of methoxy groups -OCH3 is 1. The zero-order valence-electron chi connectivity index (χ0n) is 19.8. The van der Waals surface area contributed by atoms with Crippen LogP contribution in [-0.2, 0) is 13.0 Å². The van der Waals surface area contributed by atoms with Crippen LogP contribution in [-0.4, -0.2) is 25.9 Å². The molecule has 9 heteroatoms. The molecule has 1 aliphatic rings. The molecular weight excluding hydrogens is 533 g/mol. The Morgan fingerprint density at radius 1 is 0.919 bits per heavy atom. The minimum atomic E-state index is -0.750. The van der Waals surface area contributed by atoms with Crippen molar-refractivity contribution in [2.75, 3.05) is 7.11 Å². The maximum atomic E-state index is 12.6. The summed E-state index contributed by atoms with van der Waals surface area (Å²) in [6.07, 6.45) is 0.806. The van der Waals surface area contributed by atoms with E-state index in [1.807, 2.05) is 66.7 Å². The van der Waals surface area contributed by atoms with E-state index in [4.69, 9.17) is 39.5 Å². The minimum Gasteiger partial charge on any atom is -0.497 e. The lowest BCUT2D eigenvalue weighted by Crippen LogP contribution is -2.11. The Kier molecular flexibility index (Phi) is 7.15. The first-order valence-electron chi connectivity index (χ1n) is 11.5. The van der Waals surface area contributed by atoms with Crippen molar-refractivity contribution in [2.45, 2.75) is 17.3 Å². The Hall–Kier alpha value is -3.45. The van der Waals surface area contributed by atoms with Crippen LogP contribution in [0.3, 0.4) is 0 Å². The topological polar surface area (TPSA) is 73.1 Å². The molecule has 0 bridgehead atoms. The lowest BCUT2D eigenvalue weighted by atomic mass is 9.97. The average molecular weight is 555 g/mol. The summed E-state index contributed by atoms with van der Waals surface area (Å²) in [7, 11) is 1.61. The van der Waals surface area contributed by atoms with E-state index in [9.17, 15) is 10.1 Å². The maximum absolute atomic E-state index is 12.6. The fraction of sp³-hybridized carbons (Fsp3) is 0.143. The molecule has 0 aliphatic carbocycles. The predicted octanol–water partition coefficient (Wildman–Crippen LogP) is 8.43. The summed E-state index contributed by atoms with van der Waals surface area (Å²) in [5, 5.41) is 13.7. The van der Waals surface area contributed by atoms with E-state index in [1.54, 1.807) is 7.11 Å². The summed E-state index contributed by atoms with van der Waals surface area (Å²) in [5.41, 5.74) is 7.11. The zero-order valence-corrected chi connectivity index (χ0v) is 22.0. The molecule has 0 radical (unpaired) electrons. The monoisotopic (exact) mass is 553 g/mol. The van der Waals surface area contributed by atoms with Gasteiger partial charge in [-0.3, -0.25) is 10.1 Å². The van der Waals surface area contributed by atoms with E-state index in [2.05, 4.69) is 21.7 Å². The molecule has 2 aromatic heterocycles. The number of hydrogen-bond donors (Lipinski definition) is 1. The Balaban J connectivity index is 0.000000655. The van der Waals surface area contributed by atoms with Crippen molar-refractivity contribution < 1.29 is 9.66 Å². The Morgan fingerprint density at radius 2 is 1.57 bits per heavy atom. The molecular formula is C28H22Cl3N3O3. The zero-order chi connectivity index (χ0) is 26.1. The van der Waals surface area contributed by atoms with Crippen LogP contribution in [0.4, 0.5) is 5.69 Å². The summed E-state index contributed by atoms with van der Waals surface area (Å²) in [6.45, 7) is 0.672. The van der Waals surface area contributed by atoms with Gasteiger partial charge in [-0.05, 0) is 35.7 Å². The van der Waals surface area contributed by atoms with Crippen molar-refractivity contribution in [2.24, 2.45) is 0 Å². The number of halogens is 3. The standard InChI is InChI=1S/C27H21N3O3.CHCl3/c1-33-19-13-11-17(12-14-19)23-26-24-21(20-9-5-6-10-22(20)28-24)15-16-29(26)25(27(23)30(31)32)18-7-3-2-4-8-18;2-1(3)4/h2-14,28H,15-16H2,1H3;1H. The van der Waals surface area contributed by atoms with Gasteiger partial charge in [-0.1, -0.05) is 95.5 Å². The third-order valence-corrected chi connectivity index (χ3v) is 6.48. The summed E-state index contributed by atoms with van der Waals surface area (Å²) < 4.78 is 6.69. The average Bonchev–Trinajstić information content (AvgIpc) is 3.45. The van der Waals surface area contributed by atoms with Gasteiger partial charge >= 0.3 is 5.69 Å². The van der Waals surface area contributed by atoms with Gasteiger partial charge in [0.15, 0.2) is 4.30 Å². The first-order chi connectivity index (χ1) is 17.9. The largest absolute Gasteiger partial charge is 0.497 e. The van der Waals surface area contributed by atoms with Gasteiger partial charge in [0.05, 0.1) is 29.0 Å². The number of nitrogens with one attached hydrogen (secondary N) is 1. The second-order valence-electron chi connectivity index (χ2n) is 8.45. The van der Waals surface area contributed by atoms with Gasteiger partial charge in [0.2, 0.25) is 0 Å². The van der Waals surface area contributed by atoms with Crippen LogP contribution in [0, 0.1) is 10.1 Å². The first kappa shape index (κ1) is 25.2. The van der Waals surface area contributed by atoms with Gasteiger partial charge in [0.25, 0.3) is 0 Å². The number of nitrogens with zero attached hydrogens (tertiary/aromatic N) is 2. The summed E-state index contributed by atoms with van der Waals surface area (Å²) in [5.74, 6) is 0.712. The second kappa shape index (κ2) is 10.5. The fourth-order valence-electron chi connectivity index (χ4n) is 5.07. The van der Waals surface area contributed by atoms with E-state index >= 15 is 0 Å². The number of para-hydroxylation sites is 1. The molecule has 3 heterocycles. The molecule has 0 atom stereocenters. The van der Waals surface area contributed by atoms with Crippen molar-refractivity contribution in [3.8, 4) is 39.5 Å². The van der Waals surface area contributed by atoms with Crippen LogP contribution in [0.2, 0.25) is 0 Å². The fourth-order valence-corrected chi connectivity index (χ4v) is 5.07. The third kappa shape index (κ3) is 4.68. The van der Waals surface area contributed by atoms with Crippen LogP contribution in [0.15, 0.2) is 78.9 Å².